The molecule has 1 rings (SSSR count). The molecule has 0 saturated carbocycles. The second kappa shape index (κ2) is 5.69. The van der Waals surface area contributed by atoms with Crippen LogP contribution in [-0.4, -0.2) is 49.3 Å². The van der Waals surface area contributed by atoms with Gasteiger partial charge in [-0.15, -0.1) is 0 Å². The van der Waals surface area contributed by atoms with Crippen molar-refractivity contribution in [1.29, 1.82) is 0 Å². The van der Waals surface area contributed by atoms with E-state index in [1.807, 2.05) is 7.05 Å². The van der Waals surface area contributed by atoms with Crippen LogP contribution in [0.1, 0.15) is 20.3 Å². The smallest absolute Gasteiger partial charge is 0.0468 e. The van der Waals surface area contributed by atoms with Gasteiger partial charge in [0.05, 0.1) is 0 Å². The van der Waals surface area contributed by atoms with Crippen molar-refractivity contribution in [1.82, 2.24) is 10.2 Å². The Labute approximate surface area is 87.5 Å². The molecule has 0 aromatic heterocycles. The SMILES string of the molecule is CNC1CCN(CC(C)CO)CC1C. The zero-order valence-corrected chi connectivity index (χ0v) is 9.66. The van der Waals surface area contributed by atoms with Gasteiger partial charge in [0.25, 0.3) is 0 Å². The summed E-state index contributed by atoms with van der Waals surface area (Å²) in [4.78, 5) is 2.47. The number of hydrogen-bond acceptors (Lipinski definition) is 3. The molecule has 1 heterocycles. The Balaban J connectivity index is 2.31. The number of aliphatic hydroxyl groups is 1. The topological polar surface area (TPSA) is 35.5 Å². The van der Waals surface area contributed by atoms with E-state index in [-0.39, 0.29) is 0 Å². The highest BCUT2D eigenvalue weighted by atomic mass is 16.3. The lowest BCUT2D eigenvalue weighted by atomic mass is 9.93. The van der Waals surface area contributed by atoms with E-state index in [0.717, 1.165) is 19.0 Å². The highest BCUT2D eigenvalue weighted by Gasteiger charge is 2.25. The van der Waals surface area contributed by atoms with Crippen LogP contribution >= 0.6 is 0 Å². The van der Waals surface area contributed by atoms with Gasteiger partial charge in [-0.2, -0.15) is 0 Å². The number of nitrogens with one attached hydrogen (secondary N) is 1. The van der Waals surface area contributed by atoms with Gasteiger partial charge in [-0.1, -0.05) is 13.8 Å². The van der Waals surface area contributed by atoms with Crippen LogP contribution in [0.2, 0.25) is 0 Å². The quantitative estimate of drug-likeness (QED) is 0.695. The lowest BCUT2D eigenvalue weighted by molar-refractivity contribution is 0.115. The Bertz CT molecular complexity index is 163. The van der Waals surface area contributed by atoms with Crippen molar-refractivity contribution < 1.29 is 5.11 Å². The third-order valence-corrected chi connectivity index (χ3v) is 3.24. The molecule has 0 radical (unpaired) electrons. The van der Waals surface area contributed by atoms with Gasteiger partial charge in [0, 0.05) is 25.7 Å². The lowest BCUT2D eigenvalue weighted by Crippen LogP contribution is -2.48. The fraction of sp³-hybridized carbons (Fsp3) is 1.00. The summed E-state index contributed by atoms with van der Waals surface area (Å²) in [6.07, 6.45) is 1.23. The van der Waals surface area contributed by atoms with Gasteiger partial charge in [0.1, 0.15) is 0 Å². The molecule has 1 aliphatic heterocycles. The van der Waals surface area contributed by atoms with E-state index < -0.39 is 0 Å². The molecule has 14 heavy (non-hydrogen) atoms. The fourth-order valence-electron chi connectivity index (χ4n) is 2.33. The van der Waals surface area contributed by atoms with Crippen molar-refractivity contribution in [3.05, 3.63) is 0 Å². The largest absolute Gasteiger partial charge is 0.396 e. The maximum absolute atomic E-state index is 8.99. The zero-order chi connectivity index (χ0) is 10.6. The average molecular weight is 200 g/mol. The van der Waals surface area contributed by atoms with Crippen LogP contribution in [0.25, 0.3) is 0 Å². The molecule has 2 N–H and O–H groups in total. The molecule has 0 spiro atoms. The van der Waals surface area contributed by atoms with Gasteiger partial charge in [-0.3, -0.25) is 0 Å². The van der Waals surface area contributed by atoms with Gasteiger partial charge in [-0.25, -0.2) is 0 Å². The number of likely N-dealkylation sites (tertiary alicyclic amines) is 1. The number of piperidine rings is 1. The summed E-state index contributed by atoms with van der Waals surface area (Å²) in [5.74, 6) is 1.13. The minimum atomic E-state index is 0.306. The van der Waals surface area contributed by atoms with Gasteiger partial charge in [0.2, 0.25) is 0 Å². The van der Waals surface area contributed by atoms with E-state index in [1.165, 1.54) is 13.0 Å². The van der Waals surface area contributed by atoms with E-state index >= 15 is 0 Å². The minimum absolute atomic E-state index is 0.306. The van der Waals surface area contributed by atoms with Gasteiger partial charge in [-0.05, 0) is 31.8 Å². The highest BCUT2D eigenvalue weighted by Crippen LogP contribution is 2.17. The first-order valence-electron chi connectivity index (χ1n) is 5.67. The molecule has 1 saturated heterocycles. The first-order chi connectivity index (χ1) is 6.67. The van der Waals surface area contributed by atoms with Crippen LogP contribution in [0.4, 0.5) is 0 Å². The summed E-state index contributed by atoms with van der Waals surface area (Å²) < 4.78 is 0. The standard InChI is InChI=1S/C11H24N2O/c1-9(8-14)6-13-5-4-11(12-3)10(2)7-13/h9-12,14H,4-8H2,1-3H3. The molecule has 0 aliphatic carbocycles. The maximum Gasteiger partial charge on any atom is 0.0468 e. The molecule has 1 aliphatic rings. The van der Waals surface area contributed by atoms with Crippen molar-refractivity contribution in [3.63, 3.8) is 0 Å². The molecule has 0 bridgehead atoms. The number of aliphatic hydroxyl groups excluding tert-OH is 1. The molecule has 84 valence electrons. The van der Waals surface area contributed by atoms with Crippen LogP contribution in [0.15, 0.2) is 0 Å². The summed E-state index contributed by atoms with van der Waals surface area (Å²) in [5, 5.41) is 12.4. The van der Waals surface area contributed by atoms with Crippen molar-refractivity contribution in [2.45, 2.75) is 26.3 Å². The summed E-state index contributed by atoms with van der Waals surface area (Å²) in [6, 6.07) is 0.677. The molecular formula is C11H24N2O. The van der Waals surface area contributed by atoms with E-state index in [1.54, 1.807) is 0 Å². The van der Waals surface area contributed by atoms with Gasteiger partial charge < -0.3 is 15.3 Å². The molecule has 0 aromatic carbocycles. The zero-order valence-electron chi connectivity index (χ0n) is 9.66. The molecule has 0 amide bonds. The first-order valence-corrected chi connectivity index (χ1v) is 5.67. The van der Waals surface area contributed by atoms with Crippen molar-refractivity contribution in [2.75, 3.05) is 33.3 Å². The number of nitrogens with zero attached hydrogens (tertiary/aromatic N) is 1. The Hall–Kier alpha value is -0.120. The van der Waals surface area contributed by atoms with Crippen LogP contribution in [0.5, 0.6) is 0 Å². The summed E-state index contributed by atoms with van der Waals surface area (Å²) >= 11 is 0. The molecule has 1 fully saturated rings. The molecule has 3 nitrogen and oxygen atoms in total. The van der Waals surface area contributed by atoms with Gasteiger partial charge >= 0.3 is 0 Å². The summed E-state index contributed by atoms with van der Waals surface area (Å²) in [7, 11) is 2.05. The maximum atomic E-state index is 8.99. The van der Waals surface area contributed by atoms with Crippen LogP contribution < -0.4 is 5.32 Å². The minimum Gasteiger partial charge on any atom is -0.396 e. The molecule has 3 unspecified atom stereocenters. The molecular weight excluding hydrogens is 176 g/mol. The predicted molar refractivity (Wildman–Crippen MR) is 59.3 cm³/mol. The Morgan fingerprint density at radius 1 is 1.57 bits per heavy atom. The Kier molecular flexibility index (Phi) is 4.85. The average Bonchev–Trinajstić information content (AvgIpc) is 2.18. The third-order valence-electron chi connectivity index (χ3n) is 3.24. The predicted octanol–water partition coefficient (Wildman–Crippen LogP) is 0.545. The Morgan fingerprint density at radius 2 is 2.29 bits per heavy atom. The molecule has 3 heteroatoms. The lowest BCUT2D eigenvalue weighted by Gasteiger charge is -2.37. The van der Waals surface area contributed by atoms with E-state index in [4.69, 9.17) is 5.11 Å². The van der Waals surface area contributed by atoms with E-state index in [9.17, 15) is 0 Å². The number of rotatable bonds is 4. The molecule has 0 aromatic rings. The first kappa shape index (κ1) is 12.0. The van der Waals surface area contributed by atoms with Crippen LogP contribution in [-0.2, 0) is 0 Å². The van der Waals surface area contributed by atoms with Crippen molar-refractivity contribution in [3.8, 4) is 0 Å². The monoisotopic (exact) mass is 200 g/mol. The molecule has 3 atom stereocenters. The summed E-state index contributed by atoms with van der Waals surface area (Å²) in [5.41, 5.74) is 0. The highest BCUT2D eigenvalue weighted by molar-refractivity contribution is 4.82. The van der Waals surface area contributed by atoms with Crippen molar-refractivity contribution >= 4 is 0 Å². The normalized spacial score (nSPS) is 31.7. The van der Waals surface area contributed by atoms with E-state index in [2.05, 4.69) is 24.1 Å². The van der Waals surface area contributed by atoms with E-state index in [0.29, 0.717) is 18.6 Å². The number of hydrogen-bond donors (Lipinski definition) is 2. The third kappa shape index (κ3) is 3.23. The van der Waals surface area contributed by atoms with Crippen LogP contribution in [0, 0.1) is 11.8 Å². The second-order valence-electron chi connectivity index (χ2n) is 4.71. The Morgan fingerprint density at radius 3 is 2.79 bits per heavy atom. The van der Waals surface area contributed by atoms with Crippen LogP contribution in [0.3, 0.4) is 0 Å². The van der Waals surface area contributed by atoms with Gasteiger partial charge in [0.15, 0.2) is 0 Å². The second-order valence-corrected chi connectivity index (χ2v) is 4.71. The fourth-order valence-corrected chi connectivity index (χ4v) is 2.33. The summed E-state index contributed by atoms with van der Waals surface area (Å²) in [6.45, 7) is 8.08. The van der Waals surface area contributed by atoms with Crippen molar-refractivity contribution in [2.24, 2.45) is 11.8 Å².